The number of rotatable bonds is 6. The quantitative estimate of drug-likeness (QED) is 0.488. The Morgan fingerprint density at radius 1 is 1.22 bits per heavy atom. The average molecular weight is 314 g/mol. The molecule has 0 aliphatic carbocycles. The molecule has 5 nitrogen and oxygen atoms in total. The highest BCUT2D eigenvalue weighted by molar-refractivity contribution is 6.01. The molecule has 0 aromatic heterocycles. The van der Waals surface area contributed by atoms with Crippen LogP contribution in [0.4, 0.5) is 15.8 Å². The van der Waals surface area contributed by atoms with Crippen molar-refractivity contribution in [3.05, 3.63) is 53.6 Å². The number of hydrogen-bond donors (Lipinski definition) is 2. The van der Waals surface area contributed by atoms with Crippen molar-refractivity contribution in [3.8, 4) is 5.75 Å². The molecule has 0 fully saturated rings. The summed E-state index contributed by atoms with van der Waals surface area (Å²) in [6.45, 7) is 1.44. The molecule has 0 heterocycles. The minimum atomic E-state index is -0.515. The molecule has 6 heteroatoms. The lowest BCUT2D eigenvalue weighted by atomic mass is 10.1. The normalized spacial score (nSPS) is 11.8. The maximum Gasteiger partial charge on any atom is 0.132 e. The zero-order valence-corrected chi connectivity index (χ0v) is 12.9. The minimum Gasteiger partial charge on any atom is -0.491 e. The van der Waals surface area contributed by atoms with Gasteiger partial charge in [-0.25, -0.2) is 14.4 Å². The van der Waals surface area contributed by atoms with E-state index in [9.17, 15) is 4.39 Å². The van der Waals surface area contributed by atoms with Gasteiger partial charge >= 0.3 is 0 Å². The van der Waals surface area contributed by atoms with Crippen LogP contribution in [0.25, 0.3) is 0 Å². The van der Waals surface area contributed by atoms with Gasteiger partial charge in [0.15, 0.2) is 0 Å². The number of alkyl halides is 1. The smallest absolute Gasteiger partial charge is 0.132 e. The van der Waals surface area contributed by atoms with E-state index >= 15 is 0 Å². The SMILES string of the molecule is Cc1cc(C(N)=NC=Nc2ccc(OCCF)cc2)ccc1N. The van der Waals surface area contributed by atoms with Gasteiger partial charge in [-0.3, -0.25) is 0 Å². The topological polar surface area (TPSA) is 86.0 Å². The zero-order valence-electron chi connectivity index (χ0n) is 12.9. The Morgan fingerprint density at radius 3 is 2.61 bits per heavy atom. The van der Waals surface area contributed by atoms with Gasteiger partial charge in [-0.2, -0.15) is 0 Å². The fraction of sp³-hybridized carbons (Fsp3) is 0.176. The monoisotopic (exact) mass is 314 g/mol. The molecule has 2 aromatic carbocycles. The van der Waals surface area contributed by atoms with Crippen molar-refractivity contribution in [2.45, 2.75) is 6.92 Å². The van der Waals surface area contributed by atoms with Crippen LogP contribution in [0.15, 0.2) is 52.4 Å². The van der Waals surface area contributed by atoms with Gasteiger partial charge < -0.3 is 16.2 Å². The number of amidine groups is 1. The first-order valence-corrected chi connectivity index (χ1v) is 7.11. The molecule has 0 aliphatic heterocycles. The predicted octanol–water partition coefficient (Wildman–Crippen LogP) is 2.99. The highest BCUT2D eigenvalue weighted by Crippen LogP contribution is 2.17. The van der Waals surface area contributed by atoms with Crippen LogP contribution in [-0.4, -0.2) is 25.5 Å². The number of aliphatic imine (C=N–C) groups is 2. The number of benzene rings is 2. The zero-order chi connectivity index (χ0) is 16.7. The van der Waals surface area contributed by atoms with E-state index in [1.165, 1.54) is 6.34 Å². The van der Waals surface area contributed by atoms with Gasteiger partial charge in [-0.05, 0) is 55.0 Å². The van der Waals surface area contributed by atoms with Crippen molar-refractivity contribution in [3.63, 3.8) is 0 Å². The second-order valence-electron chi connectivity index (χ2n) is 4.86. The standard InChI is InChI=1S/C17H19FN4O/c1-12-10-13(2-7-16(12)19)17(20)22-11-21-14-3-5-15(6-4-14)23-9-8-18/h2-7,10-11H,8-9,19H2,1H3,(H2,20,21,22). The number of ether oxygens (including phenoxy) is 1. The molecule has 2 rings (SSSR count). The molecule has 0 saturated heterocycles. The Hall–Kier alpha value is -2.89. The molecule has 120 valence electrons. The van der Waals surface area contributed by atoms with E-state index in [0.29, 0.717) is 23.0 Å². The summed E-state index contributed by atoms with van der Waals surface area (Å²) in [5.74, 6) is 0.960. The first kappa shape index (κ1) is 16.5. The number of hydrogen-bond acceptors (Lipinski definition) is 3. The van der Waals surface area contributed by atoms with Crippen LogP contribution in [0.2, 0.25) is 0 Å². The van der Waals surface area contributed by atoms with E-state index in [-0.39, 0.29) is 6.61 Å². The van der Waals surface area contributed by atoms with Gasteiger partial charge in [0.25, 0.3) is 0 Å². The maximum atomic E-state index is 12.0. The first-order valence-electron chi connectivity index (χ1n) is 7.11. The van der Waals surface area contributed by atoms with Gasteiger partial charge in [-0.1, -0.05) is 0 Å². The van der Waals surface area contributed by atoms with Crippen LogP contribution in [0.3, 0.4) is 0 Å². The summed E-state index contributed by atoms with van der Waals surface area (Å²) in [7, 11) is 0. The highest BCUT2D eigenvalue weighted by Gasteiger charge is 2.00. The third-order valence-corrected chi connectivity index (χ3v) is 3.15. The second-order valence-corrected chi connectivity index (χ2v) is 4.86. The average Bonchev–Trinajstić information content (AvgIpc) is 2.56. The Kier molecular flexibility index (Phi) is 5.68. The fourth-order valence-corrected chi connectivity index (χ4v) is 1.85. The number of nitrogens with zero attached hydrogens (tertiary/aromatic N) is 2. The molecule has 0 saturated carbocycles. The molecule has 2 aromatic rings. The van der Waals surface area contributed by atoms with E-state index in [4.69, 9.17) is 16.2 Å². The molecule has 0 bridgehead atoms. The first-order chi connectivity index (χ1) is 11.1. The molecule has 0 unspecified atom stereocenters. The van der Waals surface area contributed by atoms with E-state index in [0.717, 1.165) is 11.1 Å². The minimum absolute atomic E-state index is 0.0461. The summed E-state index contributed by atoms with van der Waals surface area (Å²) < 4.78 is 17.2. The fourth-order valence-electron chi connectivity index (χ4n) is 1.85. The summed E-state index contributed by atoms with van der Waals surface area (Å²) >= 11 is 0. The molecule has 0 radical (unpaired) electrons. The number of nitrogen functional groups attached to an aromatic ring is 1. The van der Waals surface area contributed by atoms with Crippen LogP contribution in [0.1, 0.15) is 11.1 Å². The van der Waals surface area contributed by atoms with E-state index < -0.39 is 6.67 Å². The Labute approximate surface area is 134 Å². The van der Waals surface area contributed by atoms with Gasteiger partial charge in [0.2, 0.25) is 0 Å². The van der Waals surface area contributed by atoms with Crippen molar-refractivity contribution < 1.29 is 9.13 Å². The van der Waals surface area contributed by atoms with Crippen LogP contribution < -0.4 is 16.2 Å². The highest BCUT2D eigenvalue weighted by atomic mass is 19.1. The van der Waals surface area contributed by atoms with Crippen LogP contribution in [-0.2, 0) is 0 Å². The third-order valence-electron chi connectivity index (χ3n) is 3.15. The molecule has 0 atom stereocenters. The lowest BCUT2D eigenvalue weighted by Gasteiger charge is -2.04. The largest absolute Gasteiger partial charge is 0.491 e. The summed E-state index contributed by atoms with van der Waals surface area (Å²) in [5.41, 5.74) is 14.8. The van der Waals surface area contributed by atoms with Crippen molar-refractivity contribution in [2.24, 2.45) is 15.7 Å². The molecule has 0 aliphatic rings. The van der Waals surface area contributed by atoms with Crippen LogP contribution in [0.5, 0.6) is 5.75 Å². The van der Waals surface area contributed by atoms with Crippen LogP contribution >= 0.6 is 0 Å². The van der Waals surface area contributed by atoms with E-state index in [1.54, 1.807) is 30.3 Å². The van der Waals surface area contributed by atoms with E-state index in [1.807, 2.05) is 19.1 Å². The molecule has 0 amide bonds. The molecular formula is C17H19FN4O. The van der Waals surface area contributed by atoms with Gasteiger partial charge in [0, 0.05) is 11.3 Å². The summed E-state index contributed by atoms with van der Waals surface area (Å²) in [5, 5.41) is 0. The number of anilines is 1. The Balaban J connectivity index is 2.03. The lowest BCUT2D eigenvalue weighted by molar-refractivity contribution is 0.273. The predicted molar refractivity (Wildman–Crippen MR) is 92.4 cm³/mol. The Bertz CT molecular complexity index is 711. The number of halogens is 1. The van der Waals surface area contributed by atoms with Gasteiger partial charge in [0.1, 0.15) is 31.2 Å². The number of nitrogens with two attached hydrogens (primary N) is 2. The van der Waals surface area contributed by atoms with Gasteiger partial charge in [-0.15, -0.1) is 0 Å². The molecular weight excluding hydrogens is 295 g/mol. The third kappa shape index (κ3) is 4.81. The summed E-state index contributed by atoms with van der Waals surface area (Å²) in [6, 6.07) is 12.4. The van der Waals surface area contributed by atoms with Crippen molar-refractivity contribution >= 4 is 23.5 Å². The van der Waals surface area contributed by atoms with Crippen molar-refractivity contribution in [1.82, 2.24) is 0 Å². The number of aryl methyl sites for hydroxylation is 1. The summed E-state index contributed by atoms with van der Waals surface area (Å²) in [6.07, 6.45) is 1.39. The molecule has 0 spiro atoms. The maximum absolute atomic E-state index is 12.0. The van der Waals surface area contributed by atoms with Crippen molar-refractivity contribution in [1.29, 1.82) is 0 Å². The lowest BCUT2D eigenvalue weighted by Crippen LogP contribution is -2.13. The van der Waals surface area contributed by atoms with Gasteiger partial charge in [0.05, 0.1) is 5.69 Å². The van der Waals surface area contributed by atoms with E-state index in [2.05, 4.69) is 9.98 Å². The van der Waals surface area contributed by atoms with Crippen LogP contribution in [0, 0.1) is 6.92 Å². The Morgan fingerprint density at radius 2 is 1.96 bits per heavy atom. The second kappa shape index (κ2) is 7.93. The summed E-state index contributed by atoms with van der Waals surface area (Å²) in [4.78, 5) is 8.30. The molecule has 23 heavy (non-hydrogen) atoms. The molecule has 4 N–H and O–H groups in total. The van der Waals surface area contributed by atoms with Crippen molar-refractivity contribution in [2.75, 3.05) is 19.0 Å².